The van der Waals surface area contributed by atoms with Crippen molar-refractivity contribution in [2.45, 2.75) is 51.7 Å². The lowest BCUT2D eigenvalue weighted by molar-refractivity contribution is 0.0771. The molecule has 0 N–H and O–H groups in total. The van der Waals surface area contributed by atoms with Gasteiger partial charge in [-0.3, -0.25) is 4.79 Å². The molecule has 1 aliphatic carbocycles. The maximum atomic E-state index is 12.7. The summed E-state index contributed by atoms with van der Waals surface area (Å²) in [7, 11) is 3.44. The first-order chi connectivity index (χ1) is 11.6. The minimum atomic E-state index is -0.101. The summed E-state index contributed by atoms with van der Waals surface area (Å²) in [6.07, 6.45) is 5.08. The zero-order valence-corrected chi connectivity index (χ0v) is 15.2. The highest BCUT2D eigenvalue weighted by Crippen LogP contribution is 2.25. The fourth-order valence-electron chi connectivity index (χ4n) is 2.91. The molecule has 0 bridgehead atoms. The molecule has 0 aromatic carbocycles. The van der Waals surface area contributed by atoms with Gasteiger partial charge in [0.05, 0.1) is 12.2 Å². The molecule has 0 saturated carbocycles. The van der Waals surface area contributed by atoms with Crippen LogP contribution in [0.1, 0.15) is 64.8 Å². The molecule has 1 unspecified atom stereocenters. The Labute approximate surface area is 145 Å². The molecule has 1 amide bonds. The standard InChI is InChI=1S/C17H23N3O3S/c1-11(22-3)16-18-12(10-24-16)9-20(2)17(21)15-13-7-5-4-6-8-14(13)23-19-15/h10-11H,4-9H2,1-3H3. The maximum Gasteiger partial charge on any atom is 0.276 e. The maximum absolute atomic E-state index is 12.7. The quantitative estimate of drug-likeness (QED) is 0.774. The van der Waals surface area contributed by atoms with Crippen LogP contribution in [0.3, 0.4) is 0 Å². The number of aromatic nitrogens is 2. The van der Waals surface area contributed by atoms with E-state index in [-0.39, 0.29) is 12.0 Å². The predicted octanol–water partition coefficient (Wildman–Crippen LogP) is 3.38. The summed E-state index contributed by atoms with van der Waals surface area (Å²) in [4.78, 5) is 18.9. The fourth-order valence-corrected chi connectivity index (χ4v) is 3.75. The van der Waals surface area contributed by atoms with E-state index in [1.807, 2.05) is 12.3 Å². The first-order valence-corrected chi connectivity index (χ1v) is 9.18. The van der Waals surface area contributed by atoms with Crippen LogP contribution in [0, 0.1) is 0 Å². The van der Waals surface area contributed by atoms with E-state index in [1.54, 1.807) is 30.4 Å². The van der Waals surface area contributed by atoms with Crippen LogP contribution in [0.5, 0.6) is 0 Å². The Hall–Kier alpha value is -1.73. The summed E-state index contributed by atoms with van der Waals surface area (Å²) in [5.41, 5.74) is 2.33. The van der Waals surface area contributed by atoms with Crippen LogP contribution in [-0.2, 0) is 24.1 Å². The molecular formula is C17H23N3O3S. The molecule has 0 spiro atoms. The number of carbonyl (C=O) groups excluding carboxylic acids is 1. The van der Waals surface area contributed by atoms with Crippen LogP contribution in [0.2, 0.25) is 0 Å². The van der Waals surface area contributed by atoms with Crippen molar-refractivity contribution < 1.29 is 14.1 Å². The molecule has 0 aliphatic heterocycles. The number of rotatable bonds is 5. The van der Waals surface area contributed by atoms with Crippen LogP contribution in [0.15, 0.2) is 9.90 Å². The number of carbonyl (C=O) groups is 1. The molecule has 0 saturated heterocycles. The van der Waals surface area contributed by atoms with Crippen LogP contribution in [0.4, 0.5) is 0 Å². The minimum absolute atomic E-state index is 0.0314. The van der Waals surface area contributed by atoms with Gasteiger partial charge < -0.3 is 14.2 Å². The highest BCUT2D eigenvalue weighted by molar-refractivity contribution is 7.09. The third kappa shape index (κ3) is 3.52. The van der Waals surface area contributed by atoms with Crippen molar-refractivity contribution in [2.24, 2.45) is 0 Å². The van der Waals surface area contributed by atoms with Crippen LogP contribution < -0.4 is 0 Å². The molecule has 0 radical (unpaired) electrons. The summed E-state index contributed by atoms with van der Waals surface area (Å²) < 4.78 is 10.7. The largest absolute Gasteiger partial charge is 0.375 e. The average molecular weight is 349 g/mol. The van der Waals surface area contributed by atoms with Crippen LogP contribution in [0.25, 0.3) is 0 Å². The van der Waals surface area contributed by atoms with E-state index in [0.29, 0.717) is 12.2 Å². The number of nitrogens with zero attached hydrogens (tertiary/aromatic N) is 3. The molecule has 2 aromatic heterocycles. The van der Waals surface area contributed by atoms with Gasteiger partial charge in [-0.05, 0) is 26.2 Å². The van der Waals surface area contributed by atoms with Gasteiger partial charge in [0.25, 0.3) is 5.91 Å². The second-order valence-corrected chi connectivity index (χ2v) is 7.10. The Bertz CT molecular complexity index is 710. The van der Waals surface area contributed by atoms with Gasteiger partial charge in [-0.15, -0.1) is 11.3 Å². The Kier molecular flexibility index (Phi) is 5.30. The van der Waals surface area contributed by atoms with E-state index < -0.39 is 0 Å². The topological polar surface area (TPSA) is 68.5 Å². The van der Waals surface area contributed by atoms with Crippen molar-refractivity contribution >= 4 is 17.2 Å². The lowest BCUT2D eigenvalue weighted by Crippen LogP contribution is -2.27. The zero-order valence-electron chi connectivity index (χ0n) is 14.4. The van der Waals surface area contributed by atoms with Gasteiger partial charge in [-0.1, -0.05) is 11.6 Å². The second-order valence-electron chi connectivity index (χ2n) is 6.21. The van der Waals surface area contributed by atoms with Gasteiger partial charge in [0.15, 0.2) is 5.69 Å². The number of fused-ring (bicyclic) bond motifs is 1. The van der Waals surface area contributed by atoms with Crippen molar-refractivity contribution in [1.29, 1.82) is 0 Å². The molecule has 7 heteroatoms. The fraction of sp³-hybridized carbons (Fsp3) is 0.588. The van der Waals surface area contributed by atoms with Crippen molar-refractivity contribution in [3.8, 4) is 0 Å². The predicted molar refractivity (Wildman–Crippen MR) is 91.1 cm³/mol. The second kappa shape index (κ2) is 7.44. The Morgan fingerprint density at radius 2 is 2.21 bits per heavy atom. The van der Waals surface area contributed by atoms with Gasteiger partial charge >= 0.3 is 0 Å². The number of hydrogen-bond donors (Lipinski definition) is 0. The van der Waals surface area contributed by atoms with E-state index >= 15 is 0 Å². The summed E-state index contributed by atoms with van der Waals surface area (Å²) >= 11 is 1.55. The Morgan fingerprint density at radius 3 is 3.00 bits per heavy atom. The van der Waals surface area contributed by atoms with Crippen molar-refractivity contribution in [1.82, 2.24) is 15.0 Å². The summed E-state index contributed by atoms with van der Waals surface area (Å²) in [5.74, 6) is 0.783. The van der Waals surface area contributed by atoms with Crippen LogP contribution >= 0.6 is 11.3 Å². The highest BCUT2D eigenvalue weighted by atomic mass is 32.1. The summed E-state index contributed by atoms with van der Waals surface area (Å²) in [6, 6.07) is 0. The molecule has 24 heavy (non-hydrogen) atoms. The lowest BCUT2D eigenvalue weighted by atomic mass is 10.1. The van der Waals surface area contributed by atoms with E-state index in [1.165, 1.54) is 6.42 Å². The molecule has 2 heterocycles. The SMILES string of the molecule is COC(C)c1nc(CN(C)C(=O)c2noc3c2CCCCC3)cs1. The first-order valence-electron chi connectivity index (χ1n) is 8.30. The number of methoxy groups -OCH3 is 1. The monoisotopic (exact) mass is 349 g/mol. The normalized spacial score (nSPS) is 15.6. The highest BCUT2D eigenvalue weighted by Gasteiger charge is 2.25. The summed E-state index contributed by atoms with van der Waals surface area (Å²) in [6.45, 7) is 2.41. The van der Waals surface area contributed by atoms with E-state index in [2.05, 4.69) is 10.1 Å². The van der Waals surface area contributed by atoms with Crippen molar-refractivity contribution in [3.63, 3.8) is 0 Å². The van der Waals surface area contributed by atoms with Gasteiger partial charge in [0, 0.05) is 31.5 Å². The van der Waals surface area contributed by atoms with Crippen molar-refractivity contribution in [3.05, 3.63) is 33.1 Å². The minimum Gasteiger partial charge on any atom is -0.375 e. The number of aryl methyl sites for hydroxylation is 1. The van der Waals surface area contributed by atoms with Gasteiger partial charge in [-0.25, -0.2) is 4.98 Å². The van der Waals surface area contributed by atoms with Gasteiger partial charge in [0.1, 0.15) is 16.9 Å². The molecule has 6 nitrogen and oxygen atoms in total. The third-order valence-corrected chi connectivity index (χ3v) is 5.47. The first kappa shape index (κ1) is 17.1. The smallest absolute Gasteiger partial charge is 0.276 e. The van der Waals surface area contributed by atoms with Crippen LogP contribution in [-0.4, -0.2) is 35.1 Å². The number of thiazole rings is 1. The molecular weight excluding hydrogens is 326 g/mol. The van der Waals surface area contributed by atoms with E-state index in [4.69, 9.17) is 9.26 Å². The molecule has 1 atom stereocenters. The number of ether oxygens (including phenoxy) is 1. The Morgan fingerprint density at radius 1 is 1.42 bits per heavy atom. The molecule has 130 valence electrons. The molecule has 3 rings (SSSR count). The lowest BCUT2D eigenvalue weighted by Gasteiger charge is -2.15. The van der Waals surface area contributed by atoms with E-state index in [0.717, 1.165) is 47.7 Å². The summed E-state index contributed by atoms with van der Waals surface area (Å²) in [5, 5.41) is 6.94. The van der Waals surface area contributed by atoms with Gasteiger partial charge in [0.2, 0.25) is 0 Å². The number of amides is 1. The van der Waals surface area contributed by atoms with Gasteiger partial charge in [-0.2, -0.15) is 0 Å². The molecule has 0 fully saturated rings. The molecule has 1 aliphatic rings. The Balaban J connectivity index is 1.71. The molecule has 2 aromatic rings. The zero-order chi connectivity index (χ0) is 17.1. The van der Waals surface area contributed by atoms with E-state index in [9.17, 15) is 4.79 Å². The third-order valence-electron chi connectivity index (χ3n) is 4.42. The van der Waals surface area contributed by atoms with Crippen molar-refractivity contribution in [2.75, 3.05) is 14.2 Å². The average Bonchev–Trinajstić information content (AvgIpc) is 3.14. The number of hydrogen-bond acceptors (Lipinski definition) is 6.